The number of likely N-dealkylation sites (tertiary alicyclic amines) is 1. The molecule has 6 heteroatoms. The third-order valence-electron chi connectivity index (χ3n) is 5.94. The van der Waals surface area contributed by atoms with Gasteiger partial charge in [0.15, 0.2) is 11.6 Å². The van der Waals surface area contributed by atoms with Crippen LogP contribution in [0.25, 0.3) is 0 Å². The predicted molar refractivity (Wildman–Crippen MR) is 101 cm³/mol. The molecule has 2 aliphatic heterocycles. The molecule has 0 radical (unpaired) electrons. The Bertz CT molecular complexity index is 865. The second-order valence-electron chi connectivity index (χ2n) is 8.04. The maximum atomic E-state index is 13.4. The van der Waals surface area contributed by atoms with Crippen molar-refractivity contribution >= 4 is 0 Å². The molecule has 28 heavy (non-hydrogen) atoms. The van der Waals surface area contributed by atoms with Gasteiger partial charge in [0, 0.05) is 31.6 Å². The molecule has 0 aromatic heterocycles. The van der Waals surface area contributed by atoms with Crippen molar-refractivity contribution < 1.29 is 23.7 Å². The molecular weight excluding hydrogens is 364 g/mol. The number of hydrogen-bond donors (Lipinski definition) is 2. The number of aryl methyl sites for hydroxylation is 1. The fourth-order valence-electron chi connectivity index (χ4n) is 4.28. The molecule has 150 valence electrons. The smallest absolute Gasteiger partial charge is 0.159 e. The highest BCUT2D eigenvalue weighted by molar-refractivity contribution is 5.41. The average Bonchev–Trinajstić information content (AvgIpc) is 2.67. The first-order chi connectivity index (χ1) is 13.3. The molecule has 1 saturated heterocycles. The minimum absolute atomic E-state index is 0.347. The van der Waals surface area contributed by atoms with E-state index in [1.165, 1.54) is 6.07 Å². The molecule has 1 spiro atoms. The Morgan fingerprint density at radius 3 is 2.61 bits per heavy atom. The van der Waals surface area contributed by atoms with E-state index < -0.39 is 29.4 Å². The van der Waals surface area contributed by atoms with Crippen LogP contribution < -0.4 is 4.74 Å². The molecular formula is C22H25F2NO3. The fourth-order valence-corrected chi connectivity index (χ4v) is 4.28. The van der Waals surface area contributed by atoms with Crippen LogP contribution in [0.5, 0.6) is 5.75 Å². The first-order valence-electron chi connectivity index (χ1n) is 9.68. The SMILES string of the molecule is Cc1ccc2c(c1)C(O)CC1(CCN(CC(O)c3ccc(F)c(F)c3)CC1)O2. The number of benzene rings is 2. The van der Waals surface area contributed by atoms with E-state index in [-0.39, 0.29) is 0 Å². The molecule has 2 unspecified atom stereocenters. The number of halogens is 2. The van der Waals surface area contributed by atoms with Crippen LogP contribution in [0, 0.1) is 18.6 Å². The summed E-state index contributed by atoms with van der Waals surface area (Å²) in [6.45, 7) is 3.75. The molecule has 2 aromatic carbocycles. The van der Waals surface area contributed by atoms with Crippen molar-refractivity contribution in [1.82, 2.24) is 4.90 Å². The van der Waals surface area contributed by atoms with Gasteiger partial charge in [-0.3, -0.25) is 0 Å². The van der Waals surface area contributed by atoms with E-state index in [1.54, 1.807) is 0 Å². The number of aliphatic hydroxyl groups excluding tert-OH is 2. The minimum Gasteiger partial charge on any atom is -0.487 e. The number of aliphatic hydroxyl groups is 2. The molecule has 4 rings (SSSR count). The first kappa shape index (κ1) is 19.3. The van der Waals surface area contributed by atoms with Crippen LogP contribution in [-0.4, -0.2) is 40.3 Å². The monoisotopic (exact) mass is 389 g/mol. The van der Waals surface area contributed by atoms with E-state index in [9.17, 15) is 19.0 Å². The van der Waals surface area contributed by atoms with Crippen LogP contribution in [0.15, 0.2) is 36.4 Å². The molecule has 2 atom stereocenters. The van der Waals surface area contributed by atoms with E-state index in [0.29, 0.717) is 31.6 Å². The molecule has 1 fully saturated rings. The van der Waals surface area contributed by atoms with Gasteiger partial charge in [0.1, 0.15) is 11.4 Å². The van der Waals surface area contributed by atoms with Crippen LogP contribution in [0.4, 0.5) is 8.78 Å². The van der Waals surface area contributed by atoms with Crippen LogP contribution in [0.3, 0.4) is 0 Å². The van der Waals surface area contributed by atoms with Gasteiger partial charge in [0.25, 0.3) is 0 Å². The zero-order chi connectivity index (χ0) is 19.9. The largest absolute Gasteiger partial charge is 0.487 e. The number of hydrogen-bond acceptors (Lipinski definition) is 4. The summed E-state index contributed by atoms with van der Waals surface area (Å²) in [5.41, 5.74) is 1.92. The second-order valence-corrected chi connectivity index (χ2v) is 8.04. The molecule has 2 aromatic rings. The van der Waals surface area contributed by atoms with Gasteiger partial charge in [0.2, 0.25) is 0 Å². The lowest BCUT2D eigenvalue weighted by Crippen LogP contribution is -2.51. The van der Waals surface area contributed by atoms with Gasteiger partial charge < -0.3 is 19.8 Å². The minimum atomic E-state index is -0.951. The summed E-state index contributed by atoms with van der Waals surface area (Å²) in [4.78, 5) is 2.09. The lowest BCUT2D eigenvalue weighted by Gasteiger charge is -2.46. The quantitative estimate of drug-likeness (QED) is 0.841. The molecule has 2 aliphatic rings. The average molecular weight is 389 g/mol. The van der Waals surface area contributed by atoms with Crippen LogP contribution in [-0.2, 0) is 0 Å². The maximum Gasteiger partial charge on any atom is 0.159 e. The first-order valence-corrected chi connectivity index (χ1v) is 9.68. The van der Waals surface area contributed by atoms with Crippen molar-refractivity contribution in [1.29, 1.82) is 0 Å². The predicted octanol–water partition coefficient (Wildman–Crippen LogP) is 3.66. The molecule has 0 saturated carbocycles. The zero-order valence-corrected chi connectivity index (χ0v) is 15.9. The third kappa shape index (κ3) is 3.77. The van der Waals surface area contributed by atoms with E-state index in [1.807, 2.05) is 25.1 Å². The van der Waals surface area contributed by atoms with Crippen LogP contribution in [0.1, 0.15) is 48.2 Å². The molecule has 0 aliphatic carbocycles. The lowest BCUT2D eigenvalue weighted by atomic mass is 9.81. The van der Waals surface area contributed by atoms with Crippen molar-refractivity contribution in [3.05, 3.63) is 64.7 Å². The van der Waals surface area contributed by atoms with Crippen LogP contribution >= 0.6 is 0 Å². The highest BCUT2D eigenvalue weighted by Gasteiger charge is 2.43. The summed E-state index contributed by atoms with van der Waals surface area (Å²) >= 11 is 0. The van der Waals surface area contributed by atoms with Gasteiger partial charge in [-0.25, -0.2) is 8.78 Å². The Morgan fingerprint density at radius 1 is 1.14 bits per heavy atom. The van der Waals surface area contributed by atoms with Crippen molar-refractivity contribution in [3.63, 3.8) is 0 Å². The van der Waals surface area contributed by atoms with Gasteiger partial charge in [-0.2, -0.15) is 0 Å². The summed E-state index contributed by atoms with van der Waals surface area (Å²) in [6, 6.07) is 9.38. The van der Waals surface area contributed by atoms with Crippen molar-refractivity contribution in [2.24, 2.45) is 0 Å². The Balaban J connectivity index is 1.39. The number of piperidine rings is 1. The lowest BCUT2D eigenvalue weighted by molar-refractivity contribution is -0.0588. The standard InChI is InChI=1S/C22H25F2NO3/c1-14-2-5-21-16(10-14)19(26)12-22(28-21)6-8-25(9-7-22)13-20(27)15-3-4-17(23)18(24)11-15/h2-5,10-11,19-20,26-27H,6-9,12-13H2,1H3. The highest BCUT2D eigenvalue weighted by atomic mass is 19.2. The Kier molecular flexibility index (Phi) is 5.12. The Labute approximate surface area is 163 Å². The third-order valence-corrected chi connectivity index (χ3v) is 5.94. The fraction of sp³-hybridized carbons (Fsp3) is 0.455. The number of nitrogens with zero attached hydrogens (tertiary/aromatic N) is 1. The summed E-state index contributed by atoms with van der Waals surface area (Å²) in [6.07, 6.45) is 0.612. The molecule has 2 N–H and O–H groups in total. The van der Waals surface area contributed by atoms with E-state index in [2.05, 4.69) is 4.90 Å². The van der Waals surface area contributed by atoms with Crippen molar-refractivity contribution in [2.75, 3.05) is 19.6 Å². The summed E-state index contributed by atoms with van der Waals surface area (Å²) < 4.78 is 32.8. The van der Waals surface area contributed by atoms with Gasteiger partial charge in [-0.05, 0) is 49.6 Å². The molecule has 2 heterocycles. The van der Waals surface area contributed by atoms with Crippen LogP contribution in [0.2, 0.25) is 0 Å². The Hall–Kier alpha value is -2.02. The maximum absolute atomic E-state index is 13.4. The number of rotatable bonds is 3. The van der Waals surface area contributed by atoms with E-state index in [0.717, 1.165) is 41.9 Å². The summed E-state index contributed by atoms with van der Waals surface area (Å²) in [5.74, 6) is -1.12. The van der Waals surface area contributed by atoms with Gasteiger partial charge >= 0.3 is 0 Å². The zero-order valence-electron chi connectivity index (χ0n) is 15.9. The van der Waals surface area contributed by atoms with Gasteiger partial charge in [-0.15, -0.1) is 0 Å². The second kappa shape index (κ2) is 7.43. The van der Waals surface area contributed by atoms with Gasteiger partial charge in [0.05, 0.1) is 12.2 Å². The number of ether oxygens (including phenoxy) is 1. The van der Waals surface area contributed by atoms with E-state index >= 15 is 0 Å². The van der Waals surface area contributed by atoms with Crippen molar-refractivity contribution in [2.45, 2.75) is 44.0 Å². The highest BCUT2D eigenvalue weighted by Crippen LogP contribution is 2.44. The van der Waals surface area contributed by atoms with E-state index in [4.69, 9.17) is 4.74 Å². The molecule has 4 nitrogen and oxygen atoms in total. The number of β-amino-alcohol motifs (C(OH)–C–C–N with tert-alkyl or cyclic N) is 1. The normalized spacial score (nSPS) is 22.5. The summed E-state index contributed by atoms with van der Waals surface area (Å²) in [5, 5.41) is 21.0. The van der Waals surface area contributed by atoms with Crippen molar-refractivity contribution in [3.8, 4) is 5.75 Å². The van der Waals surface area contributed by atoms with Gasteiger partial charge in [-0.1, -0.05) is 17.7 Å². The topological polar surface area (TPSA) is 52.9 Å². The molecule has 0 bridgehead atoms. The summed E-state index contributed by atoms with van der Waals surface area (Å²) in [7, 11) is 0. The Morgan fingerprint density at radius 2 is 1.89 bits per heavy atom. The number of fused-ring (bicyclic) bond motifs is 1. The molecule has 0 amide bonds.